The molecule has 0 aromatic heterocycles. The zero-order chi connectivity index (χ0) is 17.5. The second-order valence-electron chi connectivity index (χ2n) is 5.30. The molecule has 24 heavy (non-hydrogen) atoms. The maximum Gasteiger partial charge on any atom is 0.223 e. The van der Waals surface area contributed by atoms with Crippen LogP contribution in [0.3, 0.4) is 0 Å². The van der Waals surface area contributed by atoms with E-state index >= 15 is 0 Å². The summed E-state index contributed by atoms with van der Waals surface area (Å²) in [5, 5.41) is 4.03. The normalized spacial score (nSPS) is 10.3. The first-order valence-electron chi connectivity index (χ1n) is 7.50. The first kappa shape index (κ1) is 18.3. The maximum absolute atomic E-state index is 12.0. The van der Waals surface area contributed by atoms with Gasteiger partial charge in [0.1, 0.15) is 0 Å². The van der Waals surface area contributed by atoms with Crippen molar-refractivity contribution >= 4 is 40.7 Å². The van der Waals surface area contributed by atoms with E-state index in [2.05, 4.69) is 5.32 Å². The van der Waals surface area contributed by atoms with E-state index in [1.807, 2.05) is 12.1 Å². The van der Waals surface area contributed by atoms with Crippen molar-refractivity contribution in [3.05, 3.63) is 64.1 Å². The lowest BCUT2D eigenvalue weighted by atomic mass is 10.2. The van der Waals surface area contributed by atoms with E-state index in [0.717, 1.165) is 5.56 Å². The van der Waals surface area contributed by atoms with Gasteiger partial charge in [-0.25, -0.2) is 0 Å². The van der Waals surface area contributed by atoms with Crippen molar-refractivity contribution in [1.82, 2.24) is 5.32 Å². The molecule has 1 N–H and O–H groups in total. The quantitative estimate of drug-likeness (QED) is 0.840. The van der Waals surface area contributed by atoms with Gasteiger partial charge in [-0.05, 0) is 35.9 Å². The number of benzene rings is 2. The van der Waals surface area contributed by atoms with Gasteiger partial charge in [0, 0.05) is 42.2 Å². The average Bonchev–Trinajstić information content (AvgIpc) is 2.54. The maximum atomic E-state index is 12.0. The topological polar surface area (TPSA) is 49.4 Å². The minimum Gasteiger partial charge on any atom is -0.352 e. The molecule has 126 valence electrons. The minimum absolute atomic E-state index is 0.127. The average molecular weight is 365 g/mol. The predicted octanol–water partition coefficient (Wildman–Crippen LogP) is 4.05. The highest BCUT2D eigenvalue weighted by atomic mass is 35.5. The summed E-state index contributed by atoms with van der Waals surface area (Å²) < 4.78 is 0. The highest BCUT2D eigenvalue weighted by molar-refractivity contribution is 6.31. The molecule has 2 rings (SSSR count). The second kappa shape index (κ2) is 8.71. The van der Waals surface area contributed by atoms with Gasteiger partial charge in [-0.15, -0.1) is 0 Å². The van der Waals surface area contributed by atoms with Crippen LogP contribution in [-0.2, 0) is 16.1 Å². The lowest BCUT2D eigenvalue weighted by molar-refractivity contribution is -0.121. The molecule has 2 aromatic rings. The molecular weight excluding hydrogens is 347 g/mol. The van der Waals surface area contributed by atoms with Gasteiger partial charge in [0.25, 0.3) is 0 Å². The van der Waals surface area contributed by atoms with E-state index in [0.29, 0.717) is 28.8 Å². The Hall–Kier alpha value is -2.04. The monoisotopic (exact) mass is 364 g/mol. The van der Waals surface area contributed by atoms with Crippen LogP contribution >= 0.6 is 23.2 Å². The summed E-state index contributed by atoms with van der Waals surface area (Å²) in [5.41, 5.74) is 1.64. The number of carbonyl (C=O) groups excluding carboxylic acids is 2. The van der Waals surface area contributed by atoms with Gasteiger partial charge >= 0.3 is 0 Å². The summed E-state index contributed by atoms with van der Waals surface area (Å²) >= 11 is 11.8. The van der Waals surface area contributed by atoms with Gasteiger partial charge in [0.2, 0.25) is 11.8 Å². The van der Waals surface area contributed by atoms with Crippen molar-refractivity contribution in [3.63, 3.8) is 0 Å². The van der Waals surface area contributed by atoms with Crippen molar-refractivity contribution in [3.8, 4) is 0 Å². The Balaban J connectivity index is 1.88. The molecule has 0 spiro atoms. The van der Waals surface area contributed by atoms with E-state index in [-0.39, 0.29) is 18.2 Å². The van der Waals surface area contributed by atoms with Crippen molar-refractivity contribution in [2.45, 2.75) is 19.9 Å². The third-order valence-corrected chi connectivity index (χ3v) is 3.95. The summed E-state index contributed by atoms with van der Waals surface area (Å²) in [6.45, 7) is 2.18. The molecule has 0 saturated heterocycles. The molecule has 6 heteroatoms. The fourth-order valence-electron chi connectivity index (χ4n) is 2.22. The first-order valence-corrected chi connectivity index (χ1v) is 8.26. The summed E-state index contributed by atoms with van der Waals surface area (Å²) in [5.74, 6) is -0.263. The highest BCUT2D eigenvalue weighted by Gasteiger charge is 2.13. The van der Waals surface area contributed by atoms with Gasteiger partial charge in [0.15, 0.2) is 0 Å². The molecule has 2 amide bonds. The third kappa shape index (κ3) is 5.55. The number of nitrogens with zero attached hydrogens (tertiary/aromatic N) is 1. The predicted molar refractivity (Wildman–Crippen MR) is 97.4 cm³/mol. The van der Waals surface area contributed by atoms with Gasteiger partial charge in [-0.2, -0.15) is 0 Å². The summed E-state index contributed by atoms with van der Waals surface area (Å²) in [6.07, 6.45) is 0.208. The fourth-order valence-corrected chi connectivity index (χ4v) is 2.53. The molecule has 0 saturated carbocycles. The number of amides is 2. The number of nitrogens with one attached hydrogen (secondary N) is 1. The van der Waals surface area contributed by atoms with E-state index in [4.69, 9.17) is 23.2 Å². The van der Waals surface area contributed by atoms with Gasteiger partial charge in [-0.1, -0.05) is 41.4 Å². The van der Waals surface area contributed by atoms with E-state index in [1.165, 1.54) is 11.8 Å². The van der Waals surface area contributed by atoms with Crippen LogP contribution in [0.5, 0.6) is 0 Å². The standard InChI is InChI=1S/C18H18Cl2N2O2/c1-13(23)22(17-4-2-3-16(20)11-17)10-9-18(24)21-12-14-5-7-15(19)8-6-14/h2-8,11H,9-10,12H2,1H3,(H,21,24). The Labute approximate surface area is 151 Å². The second-order valence-corrected chi connectivity index (χ2v) is 6.18. The van der Waals surface area contributed by atoms with Crippen LogP contribution in [0.15, 0.2) is 48.5 Å². The van der Waals surface area contributed by atoms with E-state index in [1.54, 1.807) is 36.4 Å². The number of hydrogen-bond acceptors (Lipinski definition) is 2. The molecule has 4 nitrogen and oxygen atoms in total. The molecule has 0 atom stereocenters. The number of anilines is 1. The number of halogens is 2. The van der Waals surface area contributed by atoms with Crippen molar-refractivity contribution in [2.24, 2.45) is 0 Å². The largest absolute Gasteiger partial charge is 0.352 e. The Morgan fingerprint density at radius 3 is 2.38 bits per heavy atom. The van der Waals surface area contributed by atoms with Crippen LogP contribution in [0.2, 0.25) is 10.0 Å². The number of rotatable bonds is 6. The minimum atomic E-state index is -0.136. The number of carbonyl (C=O) groups is 2. The molecule has 0 bridgehead atoms. The zero-order valence-corrected chi connectivity index (χ0v) is 14.8. The summed E-state index contributed by atoms with van der Waals surface area (Å²) in [4.78, 5) is 25.4. The molecule has 0 aliphatic carbocycles. The smallest absolute Gasteiger partial charge is 0.223 e. The molecule has 2 aromatic carbocycles. The summed E-state index contributed by atoms with van der Waals surface area (Å²) in [7, 11) is 0. The lowest BCUT2D eigenvalue weighted by Gasteiger charge is -2.21. The van der Waals surface area contributed by atoms with Crippen LogP contribution in [0.4, 0.5) is 5.69 Å². The van der Waals surface area contributed by atoms with Gasteiger partial charge < -0.3 is 10.2 Å². The molecule has 0 aliphatic rings. The van der Waals surface area contributed by atoms with E-state index < -0.39 is 0 Å². The Morgan fingerprint density at radius 1 is 1.04 bits per heavy atom. The zero-order valence-electron chi connectivity index (χ0n) is 13.3. The SMILES string of the molecule is CC(=O)N(CCC(=O)NCc1ccc(Cl)cc1)c1cccc(Cl)c1. The Bertz CT molecular complexity index is 717. The first-order chi connectivity index (χ1) is 11.5. The van der Waals surface area contributed by atoms with Crippen LogP contribution < -0.4 is 10.2 Å². The lowest BCUT2D eigenvalue weighted by Crippen LogP contribution is -2.33. The summed E-state index contributed by atoms with van der Waals surface area (Å²) in [6, 6.07) is 14.3. The molecular formula is C18H18Cl2N2O2. The fraction of sp³-hybridized carbons (Fsp3) is 0.222. The van der Waals surface area contributed by atoms with Crippen molar-refractivity contribution in [1.29, 1.82) is 0 Å². The molecule has 0 heterocycles. The Morgan fingerprint density at radius 2 is 1.75 bits per heavy atom. The van der Waals surface area contributed by atoms with Crippen LogP contribution in [0, 0.1) is 0 Å². The molecule has 0 fully saturated rings. The molecule has 0 radical (unpaired) electrons. The third-order valence-electron chi connectivity index (χ3n) is 3.47. The van der Waals surface area contributed by atoms with Crippen LogP contribution in [-0.4, -0.2) is 18.4 Å². The van der Waals surface area contributed by atoms with Crippen LogP contribution in [0.1, 0.15) is 18.9 Å². The molecule has 0 unspecified atom stereocenters. The highest BCUT2D eigenvalue weighted by Crippen LogP contribution is 2.20. The van der Waals surface area contributed by atoms with Crippen molar-refractivity contribution < 1.29 is 9.59 Å². The molecule has 0 aliphatic heterocycles. The van der Waals surface area contributed by atoms with E-state index in [9.17, 15) is 9.59 Å². The van der Waals surface area contributed by atoms with Crippen LogP contribution in [0.25, 0.3) is 0 Å². The van der Waals surface area contributed by atoms with Crippen molar-refractivity contribution in [2.75, 3.05) is 11.4 Å². The van der Waals surface area contributed by atoms with Gasteiger partial charge in [-0.3, -0.25) is 9.59 Å². The Kier molecular flexibility index (Phi) is 6.64. The van der Waals surface area contributed by atoms with Gasteiger partial charge in [0.05, 0.1) is 0 Å². The number of hydrogen-bond donors (Lipinski definition) is 1.